The van der Waals surface area contributed by atoms with E-state index in [1.807, 2.05) is 6.20 Å². The van der Waals surface area contributed by atoms with E-state index in [0.29, 0.717) is 0 Å². The van der Waals surface area contributed by atoms with Crippen LogP contribution < -0.4 is 5.73 Å². The lowest BCUT2D eigenvalue weighted by atomic mass is 10.1. The lowest BCUT2D eigenvalue weighted by molar-refractivity contribution is 0.963. The molecule has 0 radical (unpaired) electrons. The number of aromatic nitrogens is 1. The summed E-state index contributed by atoms with van der Waals surface area (Å²) in [5, 5.41) is 0. The molecular weight excluding hydrogens is 184 g/mol. The predicted octanol–water partition coefficient (Wildman–Crippen LogP) is 2.48. The van der Waals surface area contributed by atoms with Crippen LogP contribution in [0.4, 0.5) is 0 Å². The third kappa shape index (κ3) is 4.26. The summed E-state index contributed by atoms with van der Waals surface area (Å²) in [6.45, 7) is 4.99. The van der Waals surface area contributed by atoms with Crippen molar-refractivity contribution in [3.63, 3.8) is 0 Å². The van der Waals surface area contributed by atoms with Crippen LogP contribution in [0.15, 0.2) is 30.0 Å². The molecule has 1 heterocycles. The monoisotopic (exact) mass is 204 g/mol. The molecule has 0 aliphatic heterocycles. The highest BCUT2D eigenvalue weighted by Gasteiger charge is 1.96. The average Bonchev–Trinajstić information content (AvgIpc) is 2.27. The van der Waals surface area contributed by atoms with E-state index in [1.54, 1.807) is 0 Å². The Morgan fingerprint density at radius 1 is 1.47 bits per heavy atom. The molecule has 2 heteroatoms. The highest BCUT2D eigenvalue weighted by molar-refractivity contribution is 5.18. The number of rotatable bonds is 5. The Labute approximate surface area is 92.2 Å². The van der Waals surface area contributed by atoms with E-state index in [1.165, 1.54) is 11.1 Å². The zero-order valence-corrected chi connectivity index (χ0v) is 9.66. The molecular formula is C13H20N2. The summed E-state index contributed by atoms with van der Waals surface area (Å²) in [6.07, 6.45) is 7.10. The van der Waals surface area contributed by atoms with Crippen molar-refractivity contribution in [3.8, 4) is 0 Å². The van der Waals surface area contributed by atoms with Gasteiger partial charge < -0.3 is 5.73 Å². The Morgan fingerprint density at radius 2 is 2.27 bits per heavy atom. The molecule has 2 nitrogen and oxygen atoms in total. The zero-order chi connectivity index (χ0) is 11.1. The smallest absolute Gasteiger partial charge is 0.0444 e. The summed E-state index contributed by atoms with van der Waals surface area (Å²) in [5.74, 6) is 0. The topological polar surface area (TPSA) is 38.9 Å². The van der Waals surface area contributed by atoms with E-state index < -0.39 is 0 Å². The first-order valence-corrected chi connectivity index (χ1v) is 5.55. The van der Waals surface area contributed by atoms with Crippen molar-refractivity contribution in [2.24, 2.45) is 5.73 Å². The van der Waals surface area contributed by atoms with Gasteiger partial charge in [-0.25, -0.2) is 0 Å². The van der Waals surface area contributed by atoms with Crippen LogP contribution in [0, 0.1) is 0 Å². The van der Waals surface area contributed by atoms with Crippen LogP contribution in [0.1, 0.15) is 31.5 Å². The summed E-state index contributed by atoms with van der Waals surface area (Å²) < 4.78 is 0. The van der Waals surface area contributed by atoms with Gasteiger partial charge in [0.15, 0.2) is 0 Å². The number of aryl methyl sites for hydroxylation is 1. The van der Waals surface area contributed by atoms with Crippen LogP contribution in [0.5, 0.6) is 0 Å². The molecule has 0 amide bonds. The molecule has 0 fully saturated rings. The van der Waals surface area contributed by atoms with Gasteiger partial charge in [0, 0.05) is 18.3 Å². The van der Waals surface area contributed by atoms with Gasteiger partial charge in [-0.2, -0.15) is 0 Å². The van der Waals surface area contributed by atoms with E-state index in [4.69, 9.17) is 5.73 Å². The summed E-state index contributed by atoms with van der Waals surface area (Å²) in [5.41, 5.74) is 9.22. The van der Waals surface area contributed by atoms with Gasteiger partial charge in [0.2, 0.25) is 0 Å². The van der Waals surface area contributed by atoms with Gasteiger partial charge in [-0.05, 0) is 37.9 Å². The SMILES string of the molecule is CCc1ccc(CC(C)=CCCN)nc1. The molecule has 0 bridgehead atoms. The van der Waals surface area contributed by atoms with E-state index in [-0.39, 0.29) is 0 Å². The van der Waals surface area contributed by atoms with Crippen LogP contribution in [0.2, 0.25) is 0 Å². The third-order valence-corrected chi connectivity index (χ3v) is 2.41. The lowest BCUT2D eigenvalue weighted by Crippen LogP contribution is -1.97. The molecule has 0 unspecified atom stereocenters. The van der Waals surface area contributed by atoms with Crippen LogP contribution in [-0.2, 0) is 12.8 Å². The Balaban J connectivity index is 2.57. The van der Waals surface area contributed by atoms with Gasteiger partial charge in [0.1, 0.15) is 0 Å². The number of nitrogens with two attached hydrogens (primary N) is 1. The fraction of sp³-hybridized carbons (Fsp3) is 0.462. The summed E-state index contributed by atoms with van der Waals surface area (Å²) in [6, 6.07) is 4.26. The fourth-order valence-electron chi connectivity index (χ4n) is 1.46. The van der Waals surface area contributed by atoms with Gasteiger partial charge in [-0.15, -0.1) is 0 Å². The second-order valence-electron chi connectivity index (χ2n) is 3.82. The summed E-state index contributed by atoms with van der Waals surface area (Å²) in [4.78, 5) is 4.43. The number of hydrogen-bond donors (Lipinski definition) is 1. The molecule has 0 spiro atoms. The van der Waals surface area contributed by atoms with Gasteiger partial charge in [0.25, 0.3) is 0 Å². The van der Waals surface area contributed by atoms with Crippen molar-refractivity contribution in [3.05, 3.63) is 41.2 Å². The standard InChI is InChI=1S/C13H20N2/c1-3-12-6-7-13(15-10-12)9-11(2)5-4-8-14/h5-7,10H,3-4,8-9,14H2,1-2H3. The Bertz CT molecular complexity index is 312. The molecule has 82 valence electrons. The van der Waals surface area contributed by atoms with Crippen molar-refractivity contribution < 1.29 is 0 Å². The first-order valence-electron chi connectivity index (χ1n) is 5.55. The molecule has 0 aromatic carbocycles. The maximum absolute atomic E-state index is 5.45. The average molecular weight is 204 g/mol. The molecule has 2 N–H and O–H groups in total. The van der Waals surface area contributed by atoms with Crippen molar-refractivity contribution >= 4 is 0 Å². The van der Waals surface area contributed by atoms with E-state index >= 15 is 0 Å². The second kappa shape index (κ2) is 6.36. The summed E-state index contributed by atoms with van der Waals surface area (Å²) >= 11 is 0. The quantitative estimate of drug-likeness (QED) is 0.748. The predicted molar refractivity (Wildman–Crippen MR) is 64.7 cm³/mol. The molecule has 0 aliphatic carbocycles. The van der Waals surface area contributed by atoms with Crippen LogP contribution in [0.3, 0.4) is 0 Å². The largest absolute Gasteiger partial charge is 0.330 e. The highest BCUT2D eigenvalue weighted by Crippen LogP contribution is 2.07. The minimum atomic E-state index is 0.722. The maximum Gasteiger partial charge on any atom is 0.0444 e. The normalized spacial score (nSPS) is 11.8. The minimum absolute atomic E-state index is 0.722. The minimum Gasteiger partial charge on any atom is -0.330 e. The number of pyridine rings is 1. The highest BCUT2D eigenvalue weighted by atomic mass is 14.7. The Hall–Kier alpha value is -1.15. The second-order valence-corrected chi connectivity index (χ2v) is 3.82. The first kappa shape index (κ1) is 11.9. The van der Waals surface area contributed by atoms with Crippen molar-refractivity contribution in [2.45, 2.75) is 33.1 Å². The zero-order valence-electron chi connectivity index (χ0n) is 9.66. The van der Waals surface area contributed by atoms with Crippen molar-refractivity contribution in [1.82, 2.24) is 4.98 Å². The molecule has 15 heavy (non-hydrogen) atoms. The maximum atomic E-state index is 5.45. The van der Waals surface area contributed by atoms with Crippen LogP contribution in [-0.4, -0.2) is 11.5 Å². The van der Waals surface area contributed by atoms with E-state index in [2.05, 4.69) is 37.0 Å². The number of nitrogens with zero attached hydrogens (tertiary/aromatic N) is 1. The van der Waals surface area contributed by atoms with Gasteiger partial charge in [-0.1, -0.05) is 24.6 Å². The van der Waals surface area contributed by atoms with E-state index in [9.17, 15) is 0 Å². The Kier molecular flexibility index (Phi) is 5.05. The van der Waals surface area contributed by atoms with Crippen molar-refractivity contribution in [2.75, 3.05) is 6.54 Å². The van der Waals surface area contributed by atoms with Crippen LogP contribution >= 0.6 is 0 Å². The molecule has 1 rings (SSSR count). The first-order chi connectivity index (χ1) is 7.26. The van der Waals surface area contributed by atoms with Crippen LogP contribution in [0.25, 0.3) is 0 Å². The number of allylic oxidation sites excluding steroid dienone is 1. The molecule has 1 aromatic rings. The molecule has 0 saturated heterocycles. The Morgan fingerprint density at radius 3 is 2.80 bits per heavy atom. The lowest BCUT2D eigenvalue weighted by Gasteiger charge is -2.02. The van der Waals surface area contributed by atoms with Gasteiger partial charge in [-0.3, -0.25) is 4.98 Å². The van der Waals surface area contributed by atoms with Crippen molar-refractivity contribution in [1.29, 1.82) is 0 Å². The molecule has 0 aliphatic rings. The molecule has 1 aromatic heterocycles. The van der Waals surface area contributed by atoms with Gasteiger partial charge in [0.05, 0.1) is 0 Å². The summed E-state index contributed by atoms with van der Waals surface area (Å²) in [7, 11) is 0. The number of hydrogen-bond acceptors (Lipinski definition) is 2. The molecule has 0 atom stereocenters. The third-order valence-electron chi connectivity index (χ3n) is 2.41. The van der Waals surface area contributed by atoms with Gasteiger partial charge >= 0.3 is 0 Å². The van der Waals surface area contributed by atoms with E-state index in [0.717, 1.165) is 31.5 Å². The fourth-order valence-corrected chi connectivity index (χ4v) is 1.46. The molecule has 0 saturated carbocycles.